The Hall–Kier alpha value is -4.61. The molecule has 1 aliphatic heterocycles. The minimum atomic E-state index is -4.28. The molecule has 4 aliphatic carbocycles. The van der Waals surface area contributed by atoms with Gasteiger partial charge in [-0.25, -0.2) is 0 Å². The average molecular weight is 726 g/mol. The Morgan fingerprint density at radius 3 is 2.08 bits per heavy atom. The van der Waals surface area contributed by atoms with Crippen LogP contribution in [-0.2, 0) is 37.5 Å². The molecule has 0 amide bonds. The summed E-state index contributed by atoms with van der Waals surface area (Å²) in [6.07, 6.45) is 3.77. The van der Waals surface area contributed by atoms with Crippen LogP contribution in [0.2, 0.25) is 0 Å². The molecule has 4 bridgehead atoms. The Morgan fingerprint density at radius 1 is 0.717 bits per heavy atom. The van der Waals surface area contributed by atoms with Crippen LogP contribution >= 0.6 is 11.3 Å². The average Bonchev–Trinajstić information content (AvgIpc) is 3.51. The van der Waals surface area contributed by atoms with E-state index >= 15 is 0 Å². The van der Waals surface area contributed by atoms with Gasteiger partial charge in [0.2, 0.25) is 0 Å². The molecule has 5 aliphatic rings. The Morgan fingerprint density at radius 2 is 1.38 bits per heavy atom. The maximum Gasteiger partial charge on any atom is 0.394 e. The topological polar surface area (TPSA) is 12.0 Å². The second-order valence-electron chi connectivity index (χ2n) is 16.6. The fourth-order valence-electron chi connectivity index (χ4n) is 8.04. The van der Waals surface area contributed by atoms with E-state index in [4.69, 9.17) is 0 Å². The zero-order valence-electron chi connectivity index (χ0n) is 31.1. The summed E-state index contributed by atoms with van der Waals surface area (Å²) in [5, 5.41) is 6.25. The van der Waals surface area contributed by atoms with Gasteiger partial charge in [0.05, 0.1) is 11.5 Å². The van der Waals surface area contributed by atoms with Gasteiger partial charge in [0.1, 0.15) is 0 Å². The smallest absolute Gasteiger partial charge is 0.379 e. The number of thiophene rings is 1. The van der Waals surface area contributed by atoms with E-state index in [9.17, 15) is 13.2 Å². The van der Waals surface area contributed by atoms with Crippen molar-refractivity contribution in [3.8, 4) is 21.6 Å². The van der Waals surface area contributed by atoms with Crippen molar-refractivity contribution >= 4 is 28.2 Å². The van der Waals surface area contributed by atoms with Crippen molar-refractivity contribution in [3.63, 3.8) is 0 Å². The molecular formula is C48H46F3NS. The van der Waals surface area contributed by atoms with E-state index in [1.165, 1.54) is 79.6 Å². The van der Waals surface area contributed by atoms with Gasteiger partial charge in [0, 0.05) is 20.9 Å². The lowest BCUT2D eigenvalue weighted by Gasteiger charge is -2.27. The van der Waals surface area contributed by atoms with Gasteiger partial charge in [-0.3, -0.25) is 0 Å². The summed E-state index contributed by atoms with van der Waals surface area (Å²) in [7, 11) is 0. The van der Waals surface area contributed by atoms with E-state index in [0.29, 0.717) is 5.56 Å². The molecule has 6 aromatic rings. The van der Waals surface area contributed by atoms with Gasteiger partial charge in [-0.2, -0.15) is 13.2 Å². The standard InChI is InChI=1S/C48H46F3NS/c1-46(2,3)41-28-37(27-36-8-6-7-9-38(36)41)43-45-39(24-25-52-43)42(44(53-45)35-22-18-33(19-23-35)29-47(4,5)48(49,50)51)40-26-32-15-14-30-10-12-31(13-11-30)16-20-34(40)21-17-32/h6-13,17-19,21-28,43,52H,14-16,20,29H2,1-5H3. The first-order chi connectivity index (χ1) is 25.2. The minimum Gasteiger partial charge on any atom is -0.379 e. The highest BCUT2D eigenvalue weighted by Gasteiger charge is 2.47. The fraction of sp³-hybridized carbons (Fsp3) is 0.292. The molecule has 270 valence electrons. The SMILES string of the molecule is CC(C)(C)c1cc(C2NC=Cc3c2sc(-c2ccc(CC(C)(C)C(F)(F)F)cc2)c3-c2cc3ccc2CCc2ccc(cc2)CC3)cc2ccccc12. The summed E-state index contributed by atoms with van der Waals surface area (Å²) < 4.78 is 41.6. The molecule has 53 heavy (non-hydrogen) atoms. The number of fused-ring (bicyclic) bond motifs is 2. The summed E-state index contributed by atoms with van der Waals surface area (Å²) in [5.41, 5.74) is 11.4. The van der Waals surface area contributed by atoms with Crippen molar-refractivity contribution in [2.75, 3.05) is 0 Å². The molecule has 5 aromatic carbocycles. The summed E-state index contributed by atoms with van der Waals surface area (Å²) in [5.74, 6) is 0. The van der Waals surface area contributed by atoms with Gasteiger partial charge in [-0.05, 0) is 117 Å². The van der Waals surface area contributed by atoms with Crippen LogP contribution in [-0.4, -0.2) is 6.18 Å². The minimum absolute atomic E-state index is 0.0464. The van der Waals surface area contributed by atoms with Crippen molar-refractivity contribution in [1.82, 2.24) is 5.32 Å². The number of halogens is 3. The molecule has 0 fully saturated rings. The van der Waals surface area contributed by atoms with Crippen molar-refractivity contribution < 1.29 is 13.2 Å². The largest absolute Gasteiger partial charge is 0.394 e. The van der Waals surface area contributed by atoms with Crippen LogP contribution in [0.5, 0.6) is 0 Å². The Kier molecular flexibility index (Phi) is 8.92. The number of alkyl halides is 3. The lowest BCUT2D eigenvalue weighted by Crippen LogP contribution is -2.34. The van der Waals surface area contributed by atoms with Gasteiger partial charge in [-0.1, -0.05) is 132 Å². The van der Waals surface area contributed by atoms with Gasteiger partial charge >= 0.3 is 6.18 Å². The van der Waals surface area contributed by atoms with Crippen LogP contribution in [0.25, 0.3) is 38.4 Å². The van der Waals surface area contributed by atoms with Crippen LogP contribution < -0.4 is 5.32 Å². The molecule has 1 nitrogen and oxygen atoms in total. The molecule has 0 spiro atoms. The van der Waals surface area contributed by atoms with E-state index in [1.807, 2.05) is 35.6 Å². The lowest BCUT2D eigenvalue weighted by atomic mass is 9.81. The number of benzene rings is 5. The zero-order valence-corrected chi connectivity index (χ0v) is 31.9. The van der Waals surface area contributed by atoms with Crippen LogP contribution in [0.1, 0.15) is 90.0 Å². The quantitative estimate of drug-likeness (QED) is 0.187. The Labute approximate surface area is 315 Å². The summed E-state index contributed by atoms with van der Waals surface area (Å²) in [6.45, 7) is 9.40. The second kappa shape index (κ2) is 13.4. The van der Waals surface area contributed by atoms with E-state index in [2.05, 4.69) is 117 Å². The Balaban J connectivity index is 1.30. The van der Waals surface area contributed by atoms with Crippen LogP contribution in [0.4, 0.5) is 13.2 Å². The third-order valence-electron chi connectivity index (χ3n) is 11.3. The predicted molar refractivity (Wildman–Crippen MR) is 217 cm³/mol. The van der Waals surface area contributed by atoms with Crippen molar-refractivity contribution in [1.29, 1.82) is 0 Å². The van der Waals surface area contributed by atoms with Crippen LogP contribution in [0.3, 0.4) is 0 Å². The summed E-state index contributed by atoms with van der Waals surface area (Å²) in [6, 6.07) is 37.3. The molecule has 0 radical (unpaired) electrons. The fourth-order valence-corrected chi connectivity index (χ4v) is 9.44. The number of hydrogen-bond donors (Lipinski definition) is 1. The maximum atomic E-state index is 13.9. The first-order valence-electron chi connectivity index (χ1n) is 18.7. The third-order valence-corrected chi connectivity index (χ3v) is 12.6. The summed E-state index contributed by atoms with van der Waals surface area (Å²) >= 11 is 1.81. The predicted octanol–water partition coefficient (Wildman–Crippen LogP) is 13.2. The highest BCUT2D eigenvalue weighted by atomic mass is 32.1. The summed E-state index contributed by atoms with van der Waals surface area (Å²) in [4.78, 5) is 2.41. The third kappa shape index (κ3) is 6.85. The van der Waals surface area contributed by atoms with Gasteiger partial charge in [-0.15, -0.1) is 11.3 Å². The van der Waals surface area contributed by atoms with Gasteiger partial charge in [0.15, 0.2) is 0 Å². The highest BCUT2D eigenvalue weighted by molar-refractivity contribution is 7.16. The molecular weight excluding hydrogens is 680 g/mol. The maximum absolute atomic E-state index is 13.9. The second-order valence-corrected chi connectivity index (χ2v) is 17.7. The zero-order chi connectivity index (χ0) is 37.1. The highest BCUT2D eigenvalue weighted by Crippen LogP contribution is 2.50. The number of rotatable bonds is 5. The number of aryl methyl sites for hydroxylation is 4. The Bertz CT molecular complexity index is 2330. The van der Waals surface area contributed by atoms with E-state index in [0.717, 1.165) is 36.1 Å². The first kappa shape index (κ1) is 35.4. The molecule has 1 N–H and O–H groups in total. The van der Waals surface area contributed by atoms with Crippen molar-refractivity contribution in [2.45, 2.75) is 84.4 Å². The molecule has 1 atom stereocenters. The number of hydrogen-bond acceptors (Lipinski definition) is 2. The van der Waals surface area contributed by atoms with Crippen molar-refractivity contribution in [3.05, 3.63) is 159 Å². The van der Waals surface area contributed by atoms with Gasteiger partial charge < -0.3 is 5.32 Å². The van der Waals surface area contributed by atoms with Crippen LogP contribution in [0, 0.1) is 5.41 Å². The van der Waals surface area contributed by atoms with E-state index in [1.54, 1.807) is 0 Å². The molecule has 0 saturated heterocycles. The molecule has 5 heteroatoms. The normalized spacial score (nSPS) is 16.0. The molecule has 1 aromatic heterocycles. The monoisotopic (exact) mass is 725 g/mol. The van der Waals surface area contributed by atoms with Gasteiger partial charge in [0.25, 0.3) is 0 Å². The van der Waals surface area contributed by atoms with Crippen LogP contribution in [0.15, 0.2) is 109 Å². The van der Waals surface area contributed by atoms with Crippen molar-refractivity contribution in [2.24, 2.45) is 5.41 Å². The lowest BCUT2D eigenvalue weighted by molar-refractivity contribution is -0.211. The molecule has 11 rings (SSSR count). The van der Waals surface area contributed by atoms with E-state index < -0.39 is 11.6 Å². The number of nitrogens with one attached hydrogen (secondary N) is 1. The first-order valence-corrected chi connectivity index (χ1v) is 19.6. The molecule has 2 heterocycles. The molecule has 1 unspecified atom stereocenters. The molecule has 0 saturated carbocycles. The van der Waals surface area contributed by atoms with E-state index in [-0.39, 0.29) is 17.9 Å².